The van der Waals surface area contributed by atoms with Crippen molar-refractivity contribution in [1.29, 1.82) is 0 Å². The van der Waals surface area contributed by atoms with Crippen molar-refractivity contribution in [3.8, 4) is 0 Å². The van der Waals surface area contributed by atoms with E-state index in [4.69, 9.17) is 0 Å². The summed E-state index contributed by atoms with van der Waals surface area (Å²) < 4.78 is 1.15. The van der Waals surface area contributed by atoms with E-state index in [2.05, 4.69) is 77.6 Å². The van der Waals surface area contributed by atoms with Gasteiger partial charge in [0.2, 0.25) is 5.95 Å². The molecule has 1 atom stereocenters. The Balaban J connectivity index is 1.89. The Morgan fingerprint density at radius 1 is 1.12 bits per heavy atom. The maximum absolute atomic E-state index is 4.63. The summed E-state index contributed by atoms with van der Waals surface area (Å²) in [5, 5.41) is 6.14. The maximum Gasteiger partial charge on any atom is 0.226 e. The van der Waals surface area contributed by atoms with E-state index in [0.717, 1.165) is 35.7 Å². The molecule has 2 heterocycles. The maximum atomic E-state index is 4.63. The number of anilines is 3. The molecule has 0 aliphatic carbocycles. The topological polar surface area (TPSA) is 56.3 Å². The summed E-state index contributed by atoms with van der Waals surface area (Å²) >= 11 is 3.69. The second kappa shape index (κ2) is 7.36. The minimum atomic E-state index is 0.320. The Morgan fingerprint density at radius 2 is 1.92 bits per heavy atom. The highest BCUT2D eigenvalue weighted by atomic mass is 79.9. The zero-order chi connectivity index (χ0) is 17.1. The van der Waals surface area contributed by atoms with E-state index in [-0.39, 0.29) is 0 Å². The molecule has 1 fully saturated rings. The van der Waals surface area contributed by atoms with E-state index in [1.807, 2.05) is 20.2 Å². The summed E-state index contributed by atoms with van der Waals surface area (Å²) in [6, 6.07) is 10.8. The molecule has 0 unspecified atom stereocenters. The summed E-state index contributed by atoms with van der Waals surface area (Å²) in [5.41, 5.74) is 1.31. The third kappa shape index (κ3) is 3.47. The first kappa shape index (κ1) is 17.0. The highest BCUT2D eigenvalue weighted by Gasteiger charge is 2.28. The number of benzene rings is 1. The van der Waals surface area contributed by atoms with E-state index in [9.17, 15) is 0 Å². The van der Waals surface area contributed by atoms with Gasteiger partial charge >= 0.3 is 0 Å². The van der Waals surface area contributed by atoms with Crippen molar-refractivity contribution in [1.82, 2.24) is 14.9 Å². The predicted octanol–water partition coefficient (Wildman–Crippen LogP) is 2.82. The molecule has 0 amide bonds. The third-order valence-corrected chi connectivity index (χ3v) is 5.15. The largest absolute Gasteiger partial charge is 0.373 e. The fourth-order valence-electron chi connectivity index (χ4n) is 3.00. The molecule has 1 aliphatic rings. The lowest BCUT2D eigenvalue weighted by Gasteiger charge is -2.40. The fraction of sp³-hybridized carbons (Fsp3) is 0.412. The second-order valence-corrected chi connectivity index (χ2v) is 6.75. The second-order valence-electron chi connectivity index (χ2n) is 5.90. The Labute approximate surface area is 151 Å². The van der Waals surface area contributed by atoms with Gasteiger partial charge in [0.25, 0.3) is 0 Å². The Morgan fingerprint density at radius 3 is 2.62 bits per heavy atom. The summed E-state index contributed by atoms with van der Waals surface area (Å²) in [5.74, 6) is 2.40. The van der Waals surface area contributed by atoms with Crippen LogP contribution in [0.4, 0.5) is 17.6 Å². The zero-order valence-electron chi connectivity index (χ0n) is 14.3. The van der Waals surface area contributed by atoms with Gasteiger partial charge in [0.15, 0.2) is 0 Å². The minimum Gasteiger partial charge on any atom is -0.373 e. The van der Waals surface area contributed by atoms with Crippen molar-refractivity contribution >= 4 is 33.5 Å². The van der Waals surface area contributed by atoms with Crippen molar-refractivity contribution < 1.29 is 0 Å². The van der Waals surface area contributed by atoms with Crippen molar-refractivity contribution in [2.45, 2.75) is 6.04 Å². The molecule has 3 rings (SSSR count). The average Bonchev–Trinajstić information content (AvgIpc) is 2.62. The minimum absolute atomic E-state index is 0.320. The average molecular weight is 391 g/mol. The lowest BCUT2D eigenvalue weighted by atomic mass is 10.0. The number of rotatable bonds is 4. The van der Waals surface area contributed by atoms with Gasteiger partial charge in [-0.05, 0) is 18.7 Å². The molecular weight excluding hydrogens is 368 g/mol. The number of likely N-dealkylation sites (N-methyl/N-ethyl adjacent to an activating group) is 1. The SMILES string of the molecule is CNc1cc(N2CCN(C)[C@H](c3ccccc3Br)C2)nc(NC)n1. The van der Waals surface area contributed by atoms with Crippen molar-refractivity contribution in [2.75, 3.05) is 56.3 Å². The summed E-state index contributed by atoms with van der Waals surface area (Å²) in [6.07, 6.45) is 0. The van der Waals surface area contributed by atoms with Gasteiger partial charge in [-0.1, -0.05) is 34.1 Å². The van der Waals surface area contributed by atoms with Crippen LogP contribution in [0.25, 0.3) is 0 Å². The highest BCUT2D eigenvalue weighted by molar-refractivity contribution is 9.10. The van der Waals surface area contributed by atoms with Gasteiger partial charge in [-0.3, -0.25) is 4.90 Å². The van der Waals surface area contributed by atoms with Gasteiger partial charge in [0, 0.05) is 44.3 Å². The molecule has 24 heavy (non-hydrogen) atoms. The van der Waals surface area contributed by atoms with Crippen LogP contribution in [0.2, 0.25) is 0 Å². The van der Waals surface area contributed by atoms with Crippen molar-refractivity contribution in [3.63, 3.8) is 0 Å². The normalized spacial score (nSPS) is 18.5. The molecule has 1 aliphatic heterocycles. The number of nitrogens with zero attached hydrogens (tertiary/aromatic N) is 4. The lowest BCUT2D eigenvalue weighted by Crippen LogP contribution is -2.47. The van der Waals surface area contributed by atoms with Crippen LogP contribution in [0.15, 0.2) is 34.8 Å². The molecule has 1 aromatic carbocycles. The van der Waals surface area contributed by atoms with Crippen molar-refractivity contribution in [3.05, 3.63) is 40.4 Å². The van der Waals surface area contributed by atoms with Crippen LogP contribution in [0.1, 0.15) is 11.6 Å². The Bertz CT molecular complexity index is 685. The summed E-state index contributed by atoms with van der Waals surface area (Å²) in [6.45, 7) is 2.82. The number of piperazine rings is 1. The molecule has 0 spiro atoms. The molecule has 7 heteroatoms. The first-order valence-corrected chi connectivity index (χ1v) is 8.86. The molecule has 0 bridgehead atoms. The van der Waals surface area contributed by atoms with Gasteiger partial charge in [0.1, 0.15) is 11.6 Å². The van der Waals surface area contributed by atoms with Gasteiger partial charge in [0.05, 0.1) is 6.04 Å². The molecule has 1 aromatic heterocycles. The number of halogens is 1. The van der Waals surface area contributed by atoms with Crippen LogP contribution in [0.5, 0.6) is 0 Å². The van der Waals surface area contributed by atoms with Gasteiger partial charge in [-0.25, -0.2) is 0 Å². The molecule has 0 radical (unpaired) electrons. The number of hydrogen-bond donors (Lipinski definition) is 2. The standard InChI is InChI=1S/C17H23BrN6/c1-19-15-10-16(22-17(20-2)21-15)24-9-8-23(3)14(11-24)12-6-4-5-7-13(12)18/h4-7,10,14H,8-9,11H2,1-3H3,(H2,19,20,21,22)/t14-/m0/s1. The number of aromatic nitrogens is 2. The zero-order valence-corrected chi connectivity index (χ0v) is 15.8. The molecule has 1 saturated heterocycles. The molecule has 128 valence electrons. The molecule has 2 aromatic rings. The molecular formula is C17H23BrN6. The van der Waals surface area contributed by atoms with E-state index in [1.54, 1.807) is 0 Å². The molecule has 2 N–H and O–H groups in total. The first-order chi connectivity index (χ1) is 11.6. The summed E-state index contributed by atoms with van der Waals surface area (Å²) in [7, 11) is 5.89. The van der Waals surface area contributed by atoms with Crippen LogP contribution in [0.3, 0.4) is 0 Å². The summed E-state index contributed by atoms with van der Waals surface area (Å²) in [4.78, 5) is 13.8. The van der Waals surface area contributed by atoms with Crippen LogP contribution in [0, 0.1) is 0 Å². The number of nitrogens with one attached hydrogen (secondary N) is 2. The fourth-order valence-corrected chi connectivity index (χ4v) is 3.55. The van der Waals surface area contributed by atoms with Gasteiger partial charge < -0.3 is 15.5 Å². The lowest BCUT2D eigenvalue weighted by molar-refractivity contribution is 0.220. The van der Waals surface area contributed by atoms with Gasteiger partial charge in [-0.15, -0.1) is 0 Å². The highest BCUT2D eigenvalue weighted by Crippen LogP contribution is 2.31. The first-order valence-electron chi connectivity index (χ1n) is 8.06. The van der Waals surface area contributed by atoms with E-state index in [0.29, 0.717) is 12.0 Å². The van der Waals surface area contributed by atoms with Gasteiger partial charge in [-0.2, -0.15) is 9.97 Å². The molecule has 6 nitrogen and oxygen atoms in total. The van der Waals surface area contributed by atoms with Crippen LogP contribution < -0.4 is 15.5 Å². The quantitative estimate of drug-likeness (QED) is 0.836. The van der Waals surface area contributed by atoms with Crippen LogP contribution in [-0.2, 0) is 0 Å². The van der Waals surface area contributed by atoms with E-state index >= 15 is 0 Å². The van der Waals surface area contributed by atoms with E-state index < -0.39 is 0 Å². The Kier molecular flexibility index (Phi) is 5.20. The molecule has 0 saturated carbocycles. The Hall–Kier alpha value is -1.86. The smallest absolute Gasteiger partial charge is 0.226 e. The van der Waals surface area contributed by atoms with Crippen LogP contribution in [-0.4, -0.2) is 55.6 Å². The monoisotopic (exact) mass is 390 g/mol. The van der Waals surface area contributed by atoms with Crippen LogP contribution >= 0.6 is 15.9 Å². The third-order valence-electron chi connectivity index (χ3n) is 4.43. The number of hydrogen-bond acceptors (Lipinski definition) is 6. The van der Waals surface area contributed by atoms with E-state index in [1.165, 1.54) is 5.56 Å². The van der Waals surface area contributed by atoms with Crippen molar-refractivity contribution in [2.24, 2.45) is 0 Å². The predicted molar refractivity (Wildman–Crippen MR) is 103 cm³/mol.